The summed E-state index contributed by atoms with van der Waals surface area (Å²) >= 11 is 0. The number of hydrogen-bond donors (Lipinski definition) is 0. The normalized spacial score (nSPS) is 17.1. The molecule has 8 heteroatoms. The molecule has 1 amide bonds. The SMILES string of the molecule is CN(C)C(=O)c1cccc(OC2CCN(c3nnc(C4(c5ccccc5)CC4)n3C)CC2)c1.Cl. The number of carbonyl (C=O) groups excluding carboxylic acids is 1. The van der Waals surface area contributed by atoms with Crippen LogP contribution < -0.4 is 9.64 Å². The van der Waals surface area contributed by atoms with Crippen molar-refractivity contribution in [2.24, 2.45) is 7.05 Å². The van der Waals surface area contributed by atoms with Gasteiger partial charge in [-0.2, -0.15) is 0 Å². The highest BCUT2D eigenvalue weighted by Crippen LogP contribution is 2.53. The molecule has 0 atom stereocenters. The lowest BCUT2D eigenvalue weighted by atomic mass is 9.95. The standard InChI is InChI=1S/C26H31N5O2.ClH/c1-29(2)23(32)19-8-7-11-22(18-19)33-21-12-16-31(17-13-21)25-28-27-24(30(25)3)26(14-15-26)20-9-5-4-6-10-20;/h4-11,18,21H,12-17H2,1-3H3;1H. The predicted octanol–water partition coefficient (Wildman–Crippen LogP) is 4.07. The molecule has 0 spiro atoms. The van der Waals surface area contributed by atoms with Gasteiger partial charge < -0.3 is 14.5 Å². The van der Waals surface area contributed by atoms with Crippen molar-refractivity contribution in [2.75, 3.05) is 32.1 Å². The second kappa shape index (κ2) is 9.66. The van der Waals surface area contributed by atoms with Crippen molar-refractivity contribution in [3.8, 4) is 5.75 Å². The van der Waals surface area contributed by atoms with E-state index in [0.717, 1.165) is 56.3 Å². The van der Waals surface area contributed by atoms with E-state index >= 15 is 0 Å². The molecule has 1 saturated carbocycles. The summed E-state index contributed by atoms with van der Waals surface area (Å²) in [7, 11) is 5.60. The molecule has 3 aromatic rings. The Morgan fingerprint density at radius 1 is 1.03 bits per heavy atom. The van der Waals surface area contributed by atoms with Crippen LogP contribution in [0.4, 0.5) is 5.95 Å². The lowest BCUT2D eigenvalue weighted by Gasteiger charge is -2.32. The van der Waals surface area contributed by atoms with Crippen LogP contribution in [0.1, 0.15) is 47.4 Å². The maximum Gasteiger partial charge on any atom is 0.253 e. The number of ether oxygens (including phenoxy) is 1. The number of halogens is 1. The molecule has 2 aliphatic rings. The number of benzene rings is 2. The maximum absolute atomic E-state index is 12.2. The van der Waals surface area contributed by atoms with Gasteiger partial charge in [0.1, 0.15) is 17.7 Å². The number of carbonyl (C=O) groups is 1. The van der Waals surface area contributed by atoms with Gasteiger partial charge >= 0.3 is 0 Å². The van der Waals surface area contributed by atoms with Crippen LogP contribution in [0.3, 0.4) is 0 Å². The van der Waals surface area contributed by atoms with Crippen molar-refractivity contribution in [3.63, 3.8) is 0 Å². The van der Waals surface area contributed by atoms with E-state index in [1.807, 2.05) is 24.3 Å². The molecule has 0 unspecified atom stereocenters. The number of amides is 1. The van der Waals surface area contributed by atoms with Crippen molar-refractivity contribution >= 4 is 24.3 Å². The van der Waals surface area contributed by atoms with Gasteiger partial charge in [-0.05, 0) is 36.6 Å². The number of aromatic nitrogens is 3. The van der Waals surface area contributed by atoms with Crippen molar-refractivity contribution in [1.29, 1.82) is 0 Å². The molecule has 1 aromatic heterocycles. The first kappa shape index (κ1) is 24.1. The number of anilines is 1. The van der Waals surface area contributed by atoms with Crippen molar-refractivity contribution in [1.82, 2.24) is 19.7 Å². The second-order valence-electron chi connectivity index (χ2n) is 9.36. The Labute approximate surface area is 207 Å². The minimum Gasteiger partial charge on any atom is -0.490 e. The fourth-order valence-corrected chi connectivity index (χ4v) is 4.86. The largest absolute Gasteiger partial charge is 0.490 e. The number of piperidine rings is 1. The van der Waals surface area contributed by atoms with Crippen LogP contribution >= 0.6 is 12.4 Å². The van der Waals surface area contributed by atoms with Gasteiger partial charge in [-0.15, -0.1) is 22.6 Å². The summed E-state index contributed by atoms with van der Waals surface area (Å²) in [5, 5.41) is 9.22. The number of nitrogens with zero attached hydrogens (tertiary/aromatic N) is 5. The fourth-order valence-electron chi connectivity index (χ4n) is 4.86. The monoisotopic (exact) mass is 481 g/mol. The van der Waals surface area contributed by atoms with Crippen molar-refractivity contribution < 1.29 is 9.53 Å². The van der Waals surface area contributed by atoms with Gasteiger partial charge in [0.15, 0.2) is 0 Å². The minimum atomic E-state index is -0.0164. The molecule has 2 aromatic carbocycles. The van der Waals surface area contributed by atoms with E-state index in [9.17, 15) is 4.79 Å². The van der Waals surface area contributed by atoms with Gasteiger partial charge in [-0.3, -0.25) is 9.36 Å². The molecule has 34 heavy (non-hydrogen) atoms. The summed E-state index contributed by atoms with van der Waals surface area (Å²) in [4.78, 5) is 16.1. The quantitative estimate of drug-likeness (QED) is 0.531. The fraction of sp³-hybridized carbons (Fsp3) is 0.423. The molecule has 0 N–H and O–H groups in total. The van der Waals surface area contributed by atoms with Gasteiger partial charge in [-0.1, -0.05) is 36.4 Å². The lowest BCUT2D eigenvalue weighted by Crippen LogP contribution is -2.39. The summed E-state index contributed by atoms with van der Waals surface area (Å²) in [6.45, 7) is 1.73. The molecule has 7 nitrogen and oxygen atoms in total. The van der Waals surface area contributed by atoms with Crippen LogP contribution in [-0.2, 0) is 12.5 Å². The van der Waals surface area contributed by atoms with Gasteiger partial charge in [0, 0.05) is 52.6 Å². The average Bonchev–Trinajstić information content (AvgIpc) is 3.56. The smallest absolute Gasteiger partial charge is 0.253 e. The summed E-state index contributed by atoms with van der Waals surface area (Å²) in [5.41, 5.74) is 1.99. The molecule has 0 radical (unpaired) electrons. The maximum atomic E-state index is 12.2. The number of rotatable bonds is 6. The second-order valence-corrected chi connectivity index (χ2v) is 9.36. The first-order chi connectivity index (χ1) is 16.0. The van der Waals surface area contributed by atoms with Crippen LogP contribution in [0.15, 0.2) is 54.6 Å². The van der Waals surface area contributed by atoms with Crippen LogP contribution in [0.5, 0.6) is 5.75 Å². The number of hydrogen-bond acceptors (Lipinski definition) is 5. The summed E-state index contributed by atoms with van der Waals surface area (Å²) in [6.07, 6.45) is 4.16. The van der Waals surface area contributed by atoms with E-state index in [1.54, 1.807) is 19.0 Å². The average molecular weight is 482 g/mol. The molecule has 0 bridgehead atoms. The highest BCUT2D eigenvalue weighted by atomic mass is 35.5. The van der Waals surface area contributed by atoms with E-state index in [-0.39, 0.29) is 29.8 Å². The highest BCUT2D eigenvalue weighted by molar-refractivity contribution is 5.94. The molecule has 2 fully saturated rings. The van der Waals surface area contributed by atoms with E-state index in [4.69, 9.17) is 4.74 Å². The Bertz CT molecular complexity index is 1140. The Kier molecular flexibility index (Phi) is 6.84. The first-order valence-electron chi connectivity index (χ1n) is 11.7. The Morgan fingerprint density at radius 3 is 2.38 bits per heavy atom. The van der Waals surface area contributed by atoms with E-state index in [2.05, 4.69) is 57.0 Å². The van der Waals surface area contributed by atoms with Gasteiger partial charge in [-0.25, -0.2) is 0 Å². The predicted molar refractivity (Wildman–Crippen MR) is 135 cm³/mol. The summed E-state index contributed by atoms with van der Waals surface area (Å²) in [5.74, 6) is 2.73. The molecule has 180 valence electrons. The summed E-state index contributed by atoms with van der Waals surface area (Å²) in [6, 6.07) is 18.1. The molecule has 1 aliphatic carbocycles. The molecule has 5 rings (SSSR count). The van der Waals surface area contributed by atoms with Crippen molar-refractivity contribution in [2.45, 2.75) is 37.2 Å². The van der Waals surface area contributed by atoms with Crippen LogP contribution in [0.25, 0.3) is 0 Å². The third-order valence-electron chi connectivity index (χ3n) is 6.87. The zero-order valence-corrected chi connectivity index (χ0v) is 20.8. The topological polar surface area (TPSA) is 63.5 Å². The Hall–Kier alpha value is -3.06. The van der Waals surface area contributed by atoms with E-state index < -0.39 is 0 Å². The molecule has 1 aliphatic heterocycles. The zero-order valence-electron chi connectivity index (χ0n) is 20.0. The minimum absolute atomic E-state index is 0. The third-order valence-corrected chi connectivity index (χ3v) is 6.87. The third kappa shape index (κ3) is 4.49. The molecule has 2 heterocycles. The first-order valence-corrected chi connectivity index (χ1v) is 11.7. The van der Waals surface area contributed by atoms with Gasteiger partial charge in [0.2, 0.25) is 5.95 Å². The molecular weight excluding hydrogens is 450 g/mol. The van der Waals surface area contributed by atoms with Gasteiger partial charge in [0.25, 0.3) is 5.91 Å². The Morgan fingerprint density at radius 2 is 1.74 bits per heavy atom. The van der Waals surface area contributed by atoms with E-state index in [1.165, 1.54) is 5.56 Å². The van der Waals surface area contributed by atoms with Crippen molar-refractivity contribution in [3.05, 3.63) is 71.5 Å². The highest BCUT2D eigenvalue weighted by Gasteiger charge is 2.50. The summed E-state index contributed by atoms with van der Waals surface area (Å²) < 4.78 is 8.41. The van der Waals surface area contributed by atoms with Gasteiger partial charge in [0.05, 0.1) is 5.41 Å². The van der Waals surface area contributed by atoms with Crippen LogP contribution in [0.2, 0.25) is 0 Å². The molecular formula is C26H32ClN5O2. The Balaban J connectivity index is 0.00000274. The van der Waals surface area contributed by atoms with Crippen LogP contribution in [-0.4, -0.2) is 58.9 Å². The van der Waals surface area contributed by atoms with Crippen LogP contribution in [0, 0.1) is 0 Å². The molecule has 1 saturated heterocycles. The lowest BCUT2D eigenvalue weighted by molar-refractivity contribution is 0.0826. The van der Waals surface area contributed by atoms with E-state index in [0.29, 0.717) is 5.56 Å². The zero-order chi connectivity index (χ0) is 23.0.